The van der Waals surface area contributed by atoms with Gasteiger partial charge in [0.1, 0.15) is 0 Å². The SMILES string of the molecule is CC12C=CC(N(C3=CC4C(C)(C=C3)C3CCC=CC3C43C4=C(C(N(C5C=CC=CC5)C5CCCC6=C5C=CCC6)=CCC4)C4C=CCCC43)C3=CCCCC3)=CC1CCC1=C2CCC=C1. The quantitative estimate of drug-likeness (QED) is 0.246. The van der Waals surface area contributed by atoms with Gasteiger partial charge < -0.3 is 9.80 Å². The molecule has 0 radical (unpaired) electrons. The molecular formula is C63H74N2. The van der Waals surface area contributed by atoms with Crippen LogP contribution in [0.5, 0.6) is 0 Å². The zero-order valence-electron chi connectivity index (χ0n) is 39.7. The maximum Gasteiger partial charge on any atom is 0.0548 e. The summed E-state index contributed by atoms with van der Waals surface area (Å²) in [6.07, 6.45) is 76.9. The van der Waals surface area contributed by atoms with Gasteiger partial charge in [-0.2, -0.15) is 0 Å². The Morgan fingerprint density at radius 3 is 2.35 bits per heavy atom. The molecule has 2 heteroatoms. The van der Waals surface area contributed by atoms with E-state index < -0.39 is 0 Å². The summed E-state index contributed by atoms with van der Waals surface area (Å²) in [6.45, 7) is 5.30. The van der Waals surface area contributed by atoms with Gasteiger partial charge in [0.25, 0.3) is 0 Å². The summed E-state index contributed by atoms with van der Waals surface area (Å²) in [5.74, 6) is 3.33. The van der Waals surface area contributed by atoms with Crippen LogP contribution in [-0.4, -0.2) is 21.9 Å². The van der Waals surface area contributed by atoms with E-state index in [1.807, 2.05) is 5.57 Å². The first-order chi connectivity index (χ1) is 32.0. The first-order valence-corrected chi connectivity index (χ1v) is 27.0. The van der Waals surface area contributed by atoms with Crippen LogP contribution in [0.1, 0.15) is 142 Å². The Hall–Kier alpha value is -4.30. The Morgan fingerprint density at radius 2 is 1.46 bits per heavy atom. The van der Waals surface area contributed by atoms with Crippen molar-refractivity contribution in [1.82, 2.24) is 9.80 Å². The van der Waals surface area contributed by atoms with Crippen LogP contribution in [0.2, 0.25) is 0 Å². The van der Waals surface area contributed by atoms with Crippen LogP contribution in [-0.2, 0) is 0 Å². The summed E-state index contributed by atoms with van der Waals surface area (Å²) in [5.41, 5.74) is 16.9. The van der Waals surface area contributed by atoms with Crippen LogP contribution >= 0.6 is 0 Å². The molecule has 65 heavy (non-hydrogen) atoms. The largest absolute Gasteiger partial charge is 0.358 e. The van der Waals surface area contributed by atoms with Gasteiger partial charge >= 0.3 is 0 Å². The van der Waals surface area contributed by atoms with Crippen molar-refractivity contribution in [2.75, 3.05) is 0 Å². The summed E-state index contributed by atoms with van der Waals surface area (Å²) in [5, 5.41) is 0. The molecule has 2 nitrogen and oxygen atoms in total. The number of fused-ring (bicyclic) bond motifs is 11. The van der Waals surface area contributed by atoms with Gasteiger partial charge in [-0.05, 0) is 192 Å². The second-order valence-electron chi connectivity index (χ2n) is 23.0. The van der Waals surface area contributed by atoms with Gasteiger partial charge in [-0.25, -0.2) is 0 Å². The minimum Gasteiger partial charge on any atom is -0.358 e. The molecule has 0 aromatic heterocycles. The lowest BCUT2D eigenvalue weighted by Gasteiger charge is -2.49. The maximum atomic E-state index is 3.03. The molecular weight excluding hydrogens is 785 g/mol. The molecule has 336 valence electrons. The third-order valence-electron chi connectivity index (χ3n) is 20.1. The van der Waals surface area contributed by atoms with Crippen molar-refractivity contribution in [2.24, 2.45) is 51.8 Å². The van der Waals surface area contributed by atoms with Crippen molar-refractivity contribution in [1.29, 1.82) is 0 Å². The van der Waals surface area contributed by atoms with Crippen molar-refractivity contribution in [3.63, 3.8) is 0 Å². The van der Waals surface area contributed by atoms with E-state index in [0.717, 1.165) is 12.8 Å². The lowest BCUT2D eigenvalue weighted by Crippen LogP contribution is -2.45. The molecule has 0 aliphatic heterocycles. The zero-order chi connectivity index (χ0) is 43.3. The third-order valence-corrected chi connectivity index (χ3v) is 20.1. The van der Waals surface area contributed by atoms with E-state index in [1.165, 1.54) is 127 Å². The molecule has 0 amide bonds. The number of hydrogen-bond donors (Lipinski definition) is 0. The van der Waals surface area contributed by atoms with Gasteiger partial charge in [-0.1, -0.05) is 140 Å². The Morgan fingerprint density at radius 1 is 0.615 bits per heavy atom. The van der Waals surface area contributed by atoms with E-state index >= 15 is 0 Å². The van der Waals surface area contributed by atoms with E-state index in [0.29, 0.717) is 47.6 Å². The fourth-order valence-electron chi connectivity index (χ4n) is 17.4. The highest BCUT2D eigenvalue weighted by Crippen LogP contribution is 2.77. The average molecular weight is 859 g/mol. The van der Waals surface area contributed by atoms with Crippen molar-refractivity contribution >= 4 is 0 Å². The number of nitrogens with zero attached hydrogens (tertiary/aromatic N) is 2. The van der Waals surface area contributed by atoms with Gasteiger partial charge in [-0.3, -0.25) is 0 Å². The first kappa shape index (κ1) is 40.9. The van der Waals surface area contributed by atoms with Gasteiger partial charge in [0.15, 0.2) is 0 Å². The molecule has 0 heterocycles. The second kappa shape index (κ2) is 15.9. The number of allylic oxidation sites excluding steroid dienone is 23. The number of rotatable bonds is 6. The summed E-state index contributed by atoms with van der Waals surface area (Å²) in [7, 11) is 0. The van der Waals surface area contributed by atoms with Gasteiger partial charge in [0.2, 0.25) is 0 Å². The zero-order valence-corrected chi connectivity index (χ0v) is 39.7. The highest BCUT2D eigenvalue weighted by Gasteiger charge is 2.71. The molecule has 1 fully saturated rings. The minimum atomic E-state index is 0.106. The van der Waals surface area contributed by atoms with Crippen molar-refractivity contribution < 1.29 is 0 Å². The summed E-state index contributed by atoms with van der Waals surface area (Å²) in [4.78, 5) is 5.84. The Kier molecular flexibility index (Phi) is 10.0. The molecule has 13 rings (SSSR count). The highest BCUT2D eigenvalue weighted by molar-refractivity contribution is 5.57. The minimum absolute atomic E-state index is 0.106. The summed E-state index contributed by atoms with van der Waals surface area (Å²) < 4.78 is 0. The van der Waals surface area contributed by atoms with E-state index in [2.05, 4.69) is 145 Å². The van der Waals surface area contributed by atoms with Gasteiger partial charge in [-0.15, -0.1) is 0 Å². The van der Waals surface area contributed by atoms with Crippen molar-refractivity contribution in [3.05, 3.63) is 178 Å². The molecule has 1 spiro atoms. The summed E-state index contributed by atoms with van der Waals surface area (Å²) >= 11 is 0. The summed E-state index contributed by atoms with van der Waals surface area (Å²) in [6, 6.07) is 0.848. The van der Waals surface area contributed by atoms with Crippen LogP contribution in [0.4, 0.5) is 0 Å². The van der Waals surface area contributed by atoms with Crippen LogP contribution in [0, 0.1) is 51.8 Å². The van der Waals surface area contributed by atoms with Crippen molar-refractivity contribution in [3.8, 4) is 0 Å². The van der Waals surface area contributed by atoms with Crippen LogP contribution in [0.25, 0.3) is 0 Å². The van der Waals surface area contributed by atoms with Crippen LogP contribution < -0.4 is 0 Å². The molecule has 1 saturated carbocycles. The fraction of sp³-hybridized carbons (Fsp3) is 0.524. The topological polar surface area (TPSA) is 6.48 Å². The van der Waals surface area contributed by atoms with E-state index in [9.17, 15) is 0 Å². The maximum absolute atomic E-state index is 3.03. The monoisotopic (exact) mass is 859 g/mol. The van der Waals surface area contributed by atoms with E-state index in [1.54, 1.807) is 39.3 Å². The fourth-order valence-corrected chi connectivity index (χ4v) is 17.4. The van der Waals surface area contributed by atoms with Crippen molar-refractivity contribution in [2.45, 2.75) is 154 Å². The lowest BCUT2D eigenvalue weighted by molar-refractivity contribution is 0.0987. The average Bonchev–Trinajstić information content (AvgIpc) is 3.79. The predicted octanol–water partition coefficient (Wildman–Crippen LogP) is 15.9. The molecule has 0 saturated heterocycles. The van der Waals surface area contributed by atoms with Crippen LogP contribution in [0.3, 0.4) is 0 Å². The van der Waals surface area contributed by atoms with Gasteiger partial charge in [0, 0.05) is 39.5 Å². The molecule has 0 aromatic rings. The normalized spacial score (nSPS) is 40.6. The lowest BCUT2D eigenvalue weighted by atomic mass is 9.55. The third kappa shape index (κ3) is 6.09. The molecule has 0 aromatic carbocycles. The Balaban J connectivity index is 0.971. The smallest absolute Gasteiger partial charge is 0.0548 e. The Bertz CT molecular complexity index is 2510. The number of hydrogen-bond acceptors (Lipinski definition) is 2. The molecule has 13 aliphatic carbocycles. The Labute approximate surface area is 391 Å². The molecule has 13 aliphatic rings. The molecule has 11 unspecified atom stereocenters. The highest BCUT2D eigenvalue weighted by atomic mass is 15.2. The molecule has 0 bridgehead atoms. The van der Waals surface area contributed by atoms with E-state index in [-0.39, 0.29) is 16.2 Å². The van der Waals surface area contributed by atoms with Gasteiger partial charge in [0.05, 0.1) is 12.1 Å². The molecule has 11 atom stereocenters. The van der Waals surface area contributed by atoms with E-state index in [4.69, 9.17) is 0 Å². The standard InChI is InChI=1S/C63H74N2/c1-61-39-37-48(41-45(61)36-35-44-20-10-13-28-52(44)61)64(46-22-5-3-6-23-46)49-38-40-62(2)54-30-15-16-31-55(54)63(59(62)42-49)53-29-14-12-27-51(53)60-56(63)32-18-34-58(60)65(47-24-7-4-8-25-47)57-33-17-21-43-19-9-11-26-50(43)57/h4,7-8,10-12,16,20,22,24,26-27,31,34,37-42,45,47,51,53-55,57,59H,3,5-6,9,13-15,17-19,21,23,25,28-30,32-33,35-36H2,1-2H3. The first-order valence-electron chi connectivity index (χ1n) is 27.0. The predicted molar refractivity (Wildman–Crippen MR) is 270 cm³/mol. The second-order valence-corrected chi connectivity index (χ2v) is 23.0. The molecule has 0 N–H and O–H groups in total. The van der Waals surface area contributed by atoms with Crippen LogP contribution in [0.15, 0.2) is 178 Å².